The van der Waals surface area contributed by atoms with Gasteiger partial charge in [-0.05, 0) is 18.2 Å². The summed E-state index contributed by atoms with van der Waals surface area (Å²) in [5, 5.41) is 9.14. The van der Waals surface area contributed by atoms with Crippen LogP contribution in [0.5, 0.6) is 11.5 Å². The molecule has 0 unspecified atom stereocenters. The highest BCUT2D eigenvalue weighted by molar-refractivity contribution is 5.93. The topological polar surface area (TPSA) is 73.6 Å². The van der Waals surface area contributed by atoms with Gasteiger partial charge >= 0.3 is 5.97 Å². The second-order valence-corrected chi connectivity index (χ2v) is 3.93. The minimum atomic E-state index is -1.06. The van der Waals surface area contributed by atoms with Crippen molar-refractivity contribution in [2.75, 3.05) is 14.2 Å². The Hall–Kier alpha value is -2.50. The molecule has 0 saturated heterocycles. The van der Waals surface area contributed by atoms with Crippen molar-refractivity contribution in [1.82, 2.24) is 9.55 Å². The van der Waals surface area contributed by atoms with Crippen molar-refractivity contribution in [2.45, 2.75) is 0 Å². The van der Waals surface area contributed by atoms with E-state index in [4.69, 9.17) is 14.6 Å². The standard InChI is InChI=1S/C13H14N2O4/c1-15-7-14-11(13(16)17)12(15)8-4-5-9(18-2)10(6-8)19-3/h4-7H,1-3H3,(H,16,17). The first-order valence-corrected chi connectivity index (χ1v) is 5.55. The molecule has 0 spiro atoms. The van der Waals surface area contributed by atoms with Gasteiger partial charge in [0, 0.05) is 12.6 Å². The van der Waals surface area contributed by atoms with Crippen LogP contribution in [-0.4, -0.2) is 34.8 Å². The van der Waals surface area contributed by atoms with Gasteiger partial charge in [0.05, 0.1) is 26.2 Å². The first-order chi connectivity index (χ1) is 9.08. The molecule has 0 amide bonds. The highest BCUT2D eigenvalue weighted by Gasteiger charge is 2.18. The van der Waals surface area contributed by atoms with Gasteiger partial charge in [0.25, 0.3) is 0 Å². The Labute approximate surface area is 110 Å². The fraction of sp³-hybridized carbons (Fsp3) is 0.231. The number of hydrogen-bond donors (Lipinski definition) is 1. The molecular weight excluding hydrogens is 248 g/mol. The molecule has 1 heterocycles. The Bertz CT molecular complexity index is 619. The van der Waals surface area contributed by atoms with Gasteiger partial charge in [-0.1, -0.05) is 0 Å². The SMILES string of the molecule is COc1ccc(-c2c(C(=O)O)ncn2C)cc1OC. The van der Waals surface area contributed by atoms with Crippen LogP contribution >= 0.6 is 0 Å². The van der Waals surface area contributed by atoms with E-state index in [1.54, 1.807) is 36.9 Å². The number of aromatic carboxylic acids is 1. The van der Waals surface area contributed by atoms with Crippen molar-refractivity contribution >= 4 is 5.97 Å². The predicted molar refractivity (Wildman–Crippen MR) is 68.7 cm³/mol. The van der Waals surface area contributed by atoms with Crippen molar-refractivity contribution in [1.29, 1.82) is 0 Å². The number of hydrogen-bond acceptors (Lipinski definition) is 4. The molecule has 1 aromatic heterocycles. The summed E-state index contributed by atoms with van der Waals surface area (Å²) in [6.45, 7) is 0. The van der Waals surface area contributed by atoms with Crippen LogP contribution in [0.4, 0.5) is 0 Å². The van der Waals surface area contributed by atoms with E-state index in [-0.39, 0.29) is 5.69 Å². The van der Waals surface area contributed by atoms with Gasteiger partial charge in [0.15, 0.2) is 17.2 Å². The third-order valence-corrected chi connectivity index (χ3v) is 2.80. The molecule has 0 radical (unpaired) electrons. The van der Waals surface area contributed by atoms with E-state index in [2.05, 4.69) is 4.98 Å². The van der Waals surface area contributed by atoms with Crippen LogP contribution in [0.3, 0.4) is 0 Å². The number of imidazole rings is 1. The molecule has 0 saturated carbocycles. The summed E-state index contributed by atoms with van der Waals surface area (Å²) in [5.41, 5.74) is 1.23. The van der Waals surface area contributed by atoms with Gasteiger partial charge in [-0.3, -0.25) is 0 Å². The van der Waals surface area contributed by atoms with Crippen molar-refractivity contribution < 1.29 is 19.4 Å². The minimum Gasteiger partial charge on any atom is -0.493 e. The summed E-state index contributed by atoms with van der Waals surface area (Å²) < 4.78 is 12.0. The number of carboxylic acids is 1. The Morgan fingerprint density at radius 3 is 2.53 bits per heavy atom. The molecule has 2 rings (SSSR count). The summed E-state index contributed by atoms with van der Waals surface area (Å²) in [7, 11) is 4.82. The average molecular weight is 262 g/mol. The molecule has 0 aliphatic carbocycles. The van der Waals surface area contributed by atoms with Crippen molar-refractivity contribution in [3.8, 4) is 22.8 Å². The fourth-order valence-electron chi connectivity index (χ4n) is 1.91. The lowest BCUT2D eigenvalue weighted by Crippen LogP contribution is -2.01. The summed E-state index contributed by atoms with van der Waals surface area (Å²) >= 11 is 0. The van der Waals surface area contributed by atoms with Crippen LogP contribution in [0, 0.1) is 0 Å². The summed E-state index contributed by atoms with van der Waals surface area (Å²) in [6, 6.07) is 5.22. The van der Waals surface area contributed by atoms with E-state index in [9.17, 15) is 4.79 Å². The third kappa shape index (κ3) is 2.24. The number of carbonyl (C=O) groups is 1. The summed E-state index contributed by atoms with van der Waals surface area (Å²) in [4.78, 5) is 15.0. The zero-order valence-corrected chi connectivity index (χ0v) is 10.9. The molecule has 1 aromatic carbocycles. The number of aryl methyl sites for hydroxylation is 1. The highest BCUT2D eigenvalue weighted by Crippen LogP contribution is 2.33. The quantitative estimate of drug-likeness (QED) is 0.909. The van der Waals surface area contributed by atoms with E-state index in [0.717, 1.165) is 0 Å². The lowest BCUT2D eigenvalue weighted by Gasteiger charge is -2.10. The van der Waals surface area contributed by atoms with Crippen LogP contribution in [0.25, 0.3) is 11.3 Å². The second kappa shape index (κ2) is 5.01. The molecule has 0 atom stereocenters. The Kier molecular flexibility index (Phi) is 3.41. The molecule has 100 valence electrons. The molecule has 1 N–H and O–H groups in total. The van der Waals surface area contributed by atoms with Gasteiger partial charge in [-0.2, -0.15) is 0 Å². The van der Waals surface area contributed by atoms with Gasteiger partial charge in [-0.25, -0.2) is 9.78 Å². The van der Waals surface area contributed by atoms with Gasteiger partial charge in [0.2, 0.25) is 0 Å². The number of rotatable bonds is 4. The maximum absolute atomic E-state index is 11.2. The van der Waals surface area contributed by atoms with E-state index in [1.165, 1.54) is 13.4 Å². The Balaban J connectivity index is 2.59. The monoisotopic (exact) mass is 262 g/mol. The van der Waals surface area contributed by atoms with E-state index < -0.39 is 5.97 Å². The summed E-state index contributed by atoms with van der Waals surface area (Å²) in [5.74, 6) is 0.0632. The zero-order chi connectivity index (χ0) is 14.0. The maximum atomic E-state index is 11.2. The number of benzene rings is 1. The van der Waals surface area contributed by atoms with Gasteiger partial charge < -0.3 is 19.1 Å². The zero-order valence-electron chi connectivity index (χ0n) is 10.9. The molecule has 2 aromatic rings. The lowest BCUT2D eigenvalue weighted by molar-refractivity contribution is 0.0692. The first-order valence-electron chi connectivity index (χ1n) is 5.55. The van der Waals surface area contributed by atoms with Crippen molar-refractivity contribution in [3.05, 3.63) is 30.2 Å². The van der Waals surface area contributed by atoms with Crippen molar-refractivity contribution in [3.63, 3.8) is 0 Å². The second-order valence-electron chi connectivity index (χ2n) is 3.93. The maximum Gasteiger partial charge on any atom is 0.356 e. The lowest BCUT2D eigenvalue weighted by atomic mass is 10.1. The number of nitrogens with zero attached hydrogens (tertiary/aromatic N) is 2. The fourth-order valence-corrected chi connectivity index (χ4v) is 1.91. The average Bonchev–Trinajstić information content (AvgIpc) is 2.80. The molecule has 6 nitrogen and oxygen atoms in total. The van der Waals surface area contributed by atoms with Gasteiger partial charge in [-0.15, -0.1) is 0 Å². The third-order valence-electron chi connectivity index (χ3n) is 2.80. The first kappa shape index (κ1) is 12.9. The van der Waals surface area contributed by atoms with Crippen molar-refractivity contribution in [2.24, 2.45) is 7.05 Å². The smallest absolute Gasteiger partial charge is 0.356 e. The largest absolute Gasteiger partial charge is 0.493 e. The minimum absolute atomic E-state index is 0.00900. The van der Waals surface area contributed by atoms with E-state index in [1.807, 2.05) is 0 Å². The number of aromatic nitrogens is 2. The molecular formula is C13H14N2O4. The normalized spacial score (nSPS) is 10.3. The predicted octanol–water partition coefficient (Wildman–Crippen LogP) is 1.80. The number of ether oxygens (including phenoxy) is 2. The Morgan fingerprint density at radius 1 is 1.26 bits per heavy atom. The van der Waals surface area contributed by atoms with Crippen LogP contribution < -0.4 is 9.47 Å². The molecule has 19 heavy (non-hydrogen) atoms. The van der Waals surface area contributed by atoms with Gasteiger partial charge in [0.1, 0.15) is 0 Å². The van der Waals surface area contributed by atoms with Crippen LogP contribution in [0.1, 0.15) is 10.5 Å². The van der Waals surface area contributed by atoms with E-state index in [0.29, 0.717) is 22.8 Å². The molecule has 0 aliphatic heterocycles. The molecule has 0 fully saturated rings. The summed E-state index contributed by atoms with van der Waals surface area (Å²) in [6.07, 6.45) is 1.47. The Morgan fingerprint density at radius 2 is 1.95 bits per heavy atom. The molecule has 0 bridgehead atoms. The number of methoxy groups -OCH3 is 2. The number of carboxylic acid groups (broad SMARTS) is 1. The highest BCUT2D eigenvalue weighted by atomic mass is 16.5. The van der Waals surface area contributed by atoms with E-state index >= 15 is 0 Å². The van der Waals surface area contributed by atoms with Crippen LogP contribution in [0.15, 0.2) is 24.5 Å². The van der Waals surface area contributed by atoms with Crippen LogP contribution in [0.2, 0.25) is 0 Å². The molecule has 6 heteroatoms. The molecule has 0 aliphatic rings. The van der Waals surface area contributed by atoms with Crippen LogP contribution in [-0.2, 0) is 7.05 Å².